The van der Waals surface area contributed by atoms with Crippen molar-refractivity contribution in [3.8, 4) is 5.75 Å². The van der Waals surface area contributed by atoms with Crippen LogP contribution in [0.5, 0.6) is 5.75 Å². The zero-order chi connectivity index (χ0) is 15.7. The van der Waals surface area contributed by atoms with Crippen molar-refractivity contribution in [3.63, 3.8) is 0 Å². The molecule has 112 valence electrons. The minimum absolute atomic E-state index is 0.0467. The Morgan fingerprint density at radius 2 is 1.91 bits per heavy atom. The lowest BCUT2D eigenvalue weighted by Gasteiger charge is -2.29. The van der Waals surface area contributed by atoms with Gasteiger partial charge in [0.15, 0.2) is 5.78 Å². The maximum absolute atomic E-state index is 12.7. The standard InChI is InChI=1S/C18H17NO3/c1-12-10-15-14(11-17(12)22-2)16(20)8-9-19(15)18(21)13-6-4-3-5-7-13/h3-7,10-11H,8-9H2,1-2H3. The normalized spacial score (nSPS) is 13.7. The molecule has 0 fully saturated rings. The van der Waals surface area contributed by atoms with Crippen molar-refractivity contribution in [3.05, 3.63) is 59.2 Å². The summed E-state index contributed by atoms with van der Waals surface area (Å²) < 4.78 is 5.28. The summed E-state index contributed by atoms with van der Waals surface area (Å²) in [6, 6.07) is 12.7. The van der Waals surface area contributed by atoms with E-state index in [9.17, 15) is 9.59 Å². The number of rotatable bonds is 2. The molecule has 0 saturated heterocycles. The number of fused-ring (bicyclic) bond motifs is 1. The van der Waals surface area contributed by atoms with Crippen LogP contribution in [0.2, 0.25) is 0 Å². The van der Waals surface area contributed by atoms with Gasteiger partial charge < -0.3 is 9.64 Å². The van der Waals surface area contributed by atoms with Gasteiger partial charge in [0.1, 0.15) is 5.75 Å². The van der Waals surface area contributed by atoms with Gasteiger partial charge in [-0.05, 0) is 36.8 Å². The second-order valence-electron chi connectivity index (χ2n) is 5.33. The third-order valence-electron chi connectivity index (χ3n) is 3.93. The number of ketones is 1. The Labute approximate surface area is 129 Å². The number of ether oxygens (including phenoxy) is 1. The molecule has 1 amide bonds. The topological polar surface area (TPSA) is 46.6 Å². The summed E-state index contributed by atoms with van der Waals surface area (Å²) in [7, 11) is 1.58. The number of carbonyl (C=O) groups is 2. The van der Waals surface area contributed by atoms with Crippen molar-refractivity contribution in [1.29, 1.82) is 0 Å². The summed E-state index contributed by atoms with van der Waals surface area (Å²) in [4.78, 5) is 26.6. The van der Waals surface area contributed by atoms with Crippen LogP contribution in [0.15, 0.2) is 42.5 Å². The first-order valence-corrected chi connectivity index (χ1v) is 7.20. The Morgan fingerprint density at radius 1 is 1.18 bits per heavy atom. The van der Waals surface area contributed by atoms with Gasteiger partial charge in [0, 0.05) is 24.1 Å². The van der Waals surface area contributed by atoms with Crippen LogP contribution in [-0.4, -0.2) is 25.3 Å². The van der Waals surface area contributed by atoms with E-state index in [1.165, 1.54) is 0 Å². The van der Waals surface area contributed by atoms with Crippen molar-refractivity contribution >= 4 is 17.4 Å². The number of nitrogens with zero attached hydrogens (tertiary/aromatic N) is 1. The number of hydrogen-bond acceptors (Lipinski definition) is 3. The van der Waals surface area contributed by atoms with E-state index in [4.69, 9.17) is 4.74 Å². The first kappa shape index (κ1) is 14.3. The van der Waals surface area contributed by atoms with Crippen molar-refractivity contribution in [2.24, 2.45) is 0 Å². The summed E-state index contributed by atoms with van der Waals surface area (Å²) >= 11 is 0. The minimum atomic E-state index is -0.0843. The first-order valence-electron chi connectivity index (χ1n) is 7.20. The fraction of sp³-hybridized carbons (Fsp3) is 0.222. The number of aryl methyl sites for hydroxylation is 1. The third kappa shape index (κ3) is 2.37. The van der Waals surface area contributed by atoms with Gasteiger partial charge in [0.2, 0.25) is 0 Å². The van der Waals surface area contributed by atoms with Crippen LogP contribution < -0.4 is 9.64 Å². The fourth-order valence-corrected chi connectivity index (χ4v) is 2.76. The molecule has 0 radical (unpaired) electrons. The van der Waals surface area contributed by atoms with E-state index in [2.05, 4.69) is 0 Å². The van der Waals surface area contributed by atoms with E-state index in [1.54, 1.807) is 30.2 Å². The monoisotopic (exact) mass is 295 g/mol. The smallest absolute Gasteiger partial charge is 0.258 e. The van der Waals surface area contributed by atoms with Crippen molar-refractivity contribution < 1.29 is 14.3 Å². The number of carbonyl (C=O) groups excluding carboxylic acids is 2. The highest BCUT2D eigenvalue weighted by Crippen LogP contribution is 2.34. The van der Waals surface area contributed by atoms with Crippen molar-refractivity contribution in [1.82, 2.24) is 0 Å². The summed E-state index contributed by atoms with van der Waals surface area (Å²) in [6.45, 7) is 2.31. The highest BCUT2D eigenvalue weighted by molar-refractivity contribution is 6.13. The molecule has 0 bridgehead atoms. The second-order valence-corrected chi connectivity index (χ2v) is 5.33. The van der Waals surface area contributed by atoms with Gasteiger partial charge in [-0.1, -0.05) is 18.2 Å². The number of anilines is 1. The second kappa shape index (κ2) is 5.64. The molecule has 1 aliphatic rings. The van der Waals surface area contributed by atoms with Crippen LogP contribution >= 0.6 is 0 Å². The number of Topliss-reactive ketones (excluding diaryl/α,β-unsaturated/α-hetero) is 1. The average Bonchev–Trinajstić information content (AvgIpc) is 2.55. The number of methoxy groups -OCH3 is 1. The van der Waals surface area contributed by atoms with Gasteiger partial charge in [-0.25, -0.2) is 0 Å². The summed E-state index contributed by atoms with van der Waals surface area (Å²) in [5.74, 6) is 0.630. The third-order valence-corrected chi connectivity index (χ3v) is 3.93. The highest BCUT2D eigenvalue weighted by Gasteiger charge is 2.29. The Kier molecular flexibility index (Phi) is 3.67. The zero-order valence-electron chi connectivity index (χ0n) is 12.6. The van der Waals surface area contributed by atoms with Gasteiger partial charge in [0.05, 0.1) is 12.8 Å². The van der Waals surface area contributed by atoms with Gasteiger partial charge >= 0.3 is 0 Å². The molecule has 0 aliphatic carbocycles. The van der Waals surface area contributed by atoms with E-state index < -0.39 is 0 Å². The molecule has 0 spiro atoms. The quantitative estimate of drug-likeness (QED) is 0.854. The highest BCUT2D eigenvalue weighted by atomic mass is 16.5. The Morgan fingerprint density at radius 3 is 2.59 bits per heavy atom. The molecule has 2 aromatic rings. The molecule has 1 aliphatic heterocycles. The van der Waals surface area contributed by atoms with E-state index in [-0.39, 0.29) is 11.7 Å². The lowest BCUT2D eigenvalue weighted by atomic mass is 9.97. The molecular weight excluding hydrogens is 278 g/mol. The SMILES string of the molecule is COc1cc2c(cc1C)N(C(=O)c1ccccc1)CCC2=O. The average molecular weight is 295 g/mol. The zero-order valence-corrected chi connectivity index (χ0v) is 12.6. The number of hydrogen-bond donors (Lipinski definition) is 0. The minimum Gasteiger partial charge on any atom is -0.496 e. The Hall–Kier alpha value is -2.62. The van der Waals surface area contributed by atoms with Crippen LogP contribution in [0.1, 0.15) is 32.7 Å². The largest absolute Gasteiger partial charge is 0.496 e. The van der Waals surface area contributed by atoms with Crippen LogP contribution in [0.4, 0.5) is 5.69 Å². The van der Waals surface area contributed by atoms with Gasteiger partial charge in [0.25, 0.3) is 5.91 Å². The maximum Gasteiger partial charge on any atom is 0.258 e. The molecule has 1 heterocycles. The van der Waals surface area contributed by atoms with E-state index in [1.807, 2.05) is 31.2 Å². The van der Waals surface area contributed by atoms with Crippen LogP contribution in [0.25, 0.3) is 0 Å². The molecular formula is C18H17NO3. The van der Waals surface area contributed by atoms with Crippen molar-refractivity contribution in [2.45, 2.75) is 13.3 Å². The molecule has 0 atom stereocenters. The molecule has 4 nitrogen and oxygen atoms in total. The molecule has 2 aromatic carbocycles. The van der Waals surface area contributed by atoms with E-state index >= 15 is 0 Å². The molecule has 3 rings (SSSR count). The van der Waals surface area contributed by atoms with Crippen LogP contribution in [0.3, 0.4) is 0 Å². The summed E-state index contributed by atoms with van der Waals surface area (Å²) in [6.07, 6.45) is 0.331. The molecule has 0 unspecified atom stereocenters. The van der Waals surface area contributed by atoms with Crippen LogP contribution in [0, 0.1) is 6.92 Å². The summed E-state index contributed by atoms with van der Waals surface area (Å²) in [5.41, 5.74) is 2.75. The molecule has 0 saturated carbocycles. The lowest BCUT2D eigenvalue weighted by Crippen LogP contribution is -2.37. The van der Waals surface area contributed by atoms with E-state index in [0.717, 1.165) is 5.56 Å². The van der Waals surface area contributed by atoms with E-state index in [0.29, 0.717) is 35.5 Å². The molecule has 0 aromatic heterocycles. The molecule has 0 N–H and O–H groups in total. The Bertz CT molecular complexity index is 737. The summed E-state index contributed by atoms with van der Waals surface area (Å²) in [5, 5.41) is 0. The molecule has 22 heavy (non-hydrogen) atoms. The van der Waals surface area contributed by atoms with Gasteiger partial charge in [-0.15, -0.1) is 0 Å². The lowest BCUT2D eigenvalue weighted by molar-refractivity contribution is 0.0955. The Balaban J connectivity index is 2.07. The van der Waals surface area contributed by atoms with Gasteiger partial charge in [-0.2, -0.15) is 0 Å². The number of amides is 1. The molecule has 4 heteroatoms. The predicted octanol–water partition coefficient (Wildman–Crippen LogP) is 3.24. The maximum atomic E-state index is 12.7. The van der Waals surface area contributed by atoms with Crippen LogP contribution in [-0.2, 0) is 0 Å². The van der Waals surface area contributed by atoms with Crippen molar-refractivity contribution in [2.75, 3.05) is 18.6 Å². The predicted molar refractivity (Wildman–Crippen MR) is 84.8 cm³/mol. The first-order chi connectivity index (χ1) is 10.6. The fourth-order valence-electron chi connectivity index (χ4n) is 2.76. The van der Waals surface area contributed by atoms with Gasteiger partial charge in [-0.3, -0.25) is 9.59 Å². The number of benzene rings is 2.